The summed E-state index contributed by atoms with van der Waals surface area (Å²) in [6.07, 6.45) is 1.76. The lowest BCUT2D eigenvalue weighted by atomic mass is 10.2. The van der Waals surface area contributed by atoms with E-state index in [9.17, 15) is 8.42 Å². The summed E-state index contributed by atoms with van der Waals surface area (Å²) < 4.78 is 34.8. The highest BCUT2D eigenvalue weighted by Crippen LogP contribution is 2.23. The number of fused-ring (bicyclic) bond motifs is 1. The molecule has 1 aliphatic heterocycles. The summed E-state index contributed by atoms with van der Waals surface area (Å²) in [5.41, 5.74) is 3.00. The average molecular weight is 468 g/mol. The number of benzene rings is 1. The molecule has 4 heterocycles. The van der Waals surface area contributed by atoms with Crippen LogP contribution in [-0.4, -0.2) is 63.6 Å². The van der Waals surface area contributed by atoms with Gasteiger partial charge in [-0.05, 0) is 32.9 Å². The van der Waals surface area contributed by atoms with Crippen LogP contribution >= 0.6 is 0 Å². The fraction of sp³-hybridized carbons (Fsp3) is 0.364. The molecule has 0 amide bonds. The van der Waals surface area contributed by atoms with E-state index in [1.54, 1.807) is 12.4 Å². The summed E-state index contributed by atoms with van der Waals surface area (Å²) in [4.78, 5) is 15.6. The molecular formula is C22H25N7O3S. The number of anilines is 1. The predicted octanol–water partition coefficient (Wildman–Crippen LogP) is 2.38. The maximum atomic E-state index is 13.1. The van der Waals surface area contributed by atoms with Gasteiger partial charge in [0.25, 0.3) is 0 Å². The first kappa shape index (κ1) is 21.5. The highest BCUT2D eigenvalue weighted by molar-refractivity contribution is 7.88. The Morgan fingerprint density at radius 1 is 1.00 bits per heavy atom. The minimum Gasteiger partial charge on any atom is -0.356 e. The Balaban J connectivity index is 1.31. The van der Waals surface area contributed by atoms with Crippen molar-refractivity contribution in [3.05, 3.63) is 59.6 Å². The van der Waals surface area contributed by atoms with Crippen LogP contribution in [0.5, 0.6) is 0 Å². The molecule has 1 saturated heterocycles. The van der Waals surface area contributed by atoms with Crippen molar-refractivity contribution in [1.82, 2.24) is 29.0 Å². The van der Waals surface area contributed by atoms with Crippen LogP contribution in [0.15, 0.2) is 41.2 Å². The number of nitrogens with zero attached hydrogens (tertiary/aromatic N) is 7. The second kappa shape index (κ2) is 8.23. The smallest absolute Gasteiger partial charge is 0.220 e. The number of hydrogen-bond acceptors (Lipinski definition) is 8. The van der Waals surface area contributed by atoms with Crippen molar-refractivity contribution in [2.45, 2.75) is 26.5 Å². The molecular weight excluding hydrogens is 442 g/mol. The number of piperazine rings is 1. The lowest BCUT2D eigenvalue weighted by Gasteiger charge is -2.34. The third-order valence-corrected chi connectivity index (χ3v) is 7.83. The largest absolute Gasteiger partial charge is 0.356 e. The fourth-order valence-electron chi connectivity index (χ4n) is 4.05. The van der Waals surface area contributed by atoms with Crippen molar-refractivity contribution in [1.29, 1.82) is 0 Å². The lowest BCUT2D eigenvalue weighted by molar-refractivity contribution is 0.381. The van der Waals surface area contributed by atoms with Crippen LogP contribution in [0.4, 0.5) is 5.82 Å². The molecule has 1 aliphatic rings. The number of rotatable bonds is 5. The molecule has 10 nitrogen and oxygen atoms in total. The first-order chi connectivity index (χ1) is 15.8. The molecule has 0 radical (unpaired) electrons. The van der Waals surface area contributed by atoms with Crippen LogP contribution < -0.4 is 4.90 Å². The zero-order valence-electron chi connectivity index (χ0n) is 18.8. The molecule has 11 heteroatoms. The topological polar surface area (TPSA) is 110 Å². The van der Waals surface area contributed by atoms with E-state index in [0.29, 0.717) is 43.3 Å². The van der Waals surface area contributed by atoms with Crippen LogP contribution in [0, 0.1) is 20.8 Å². The van der Waals surface area contributed by atoms with E-state index in [4.69, 9.17) is 4.52 Å². The highest BCUT2D eigenvalue weighted by atomic mass is 32.2. The van der Waals surface area contributed by atoms with Gasteiger partial charge < -0.3 is 9.42 Å². The Hall–Kier alpha value is -3.31. The van der Waals surface area contributed by atoms with Gasteiger partial charge in [0.2, 0.25) is 10.0 Å². The van der Waals surface area contributed by atoms with Crippen molar-refractivity contribution < 1.29 is 12.9 Å². The Morgan fingerprint density at radius 2 is 1.73 bits per heavy atom. The van der Waals surface area contributed by atoms with Crippen LogP contribution in [0.25, 0.3) is 16.8 Å². The molecule has 0 unspecified atom stereocenters. The average Bonchev–Trinajstić information content (AvgIpc) is 3.36. The van der Waals surface area contributed by atoms with Crippen LogP contribution in [0.2, 0.25) is 0 Å². The SMILES string of the molecule is Cc1nc(N2CCN(S(=O)(=O)Cc3noc4ccccc34)CC2)cc(-n2cnc(C)c2C)n1. The summed E-state index contributed by atoms with van der Waals surface area (Å²) in [7, 11) is -3.53. The maximum Gasteiger partial charge on any atom is 0.220 e. The van der Waals surface area contributed by atoms with Crippen LogP contribution in [-0.2, 0) is 15.8 Å². The minimum atomic E-state index is -3.53. The molecule has 1 fully saturated rings. The second-order valence-electron chi connectivity index (χ2n) is 8.18. The minimum absolute atomic E-state index is 0.181. The maximum absolute atomic E-state index is 13.1. The molecule has 5 rings (SSSR count). The van der Waals surface area contributed by atoms with Crippen molar-refractivity contribution >= 4 is 26.8 Å². The summed E-state index contributed by atoms with van der Waals surface area (Å²) in [6, 6.07) is 9.21. The monoisotopic (exact) mass is 467 g/mol. The predicted molar refractivity (Wildman–Crippen MR) is 124 cm³/mol. The van der Waals surface area contributed by atoms with E-state index < -0.39 is 10.0 Å². The quantitative estimate of drug-likeness (QED) is 0.440. The van der Waals surface area contributed by atoms with Gasteiger partial charge in [-0.15, -0.1) is 0 Å². The Kier molecular flexibility index (Phi) is 5.37. The highest BCUT2D eigenvalue weighted by Gasteiger charge is 2.29. The van der Waals surface area contributed by atoms with E-state index in [0.717, 1.165) is 28.4 Å². The summed E-state index contributed by atoms with van der Waals surface area (Å²) in [6.45, 7) is 7.64. The lowest BCUT2D eigenvalue weighted by Crippen LogP contribution is -2.49. The van der Waals surface area contributed by atoms with Crippen molar-refractivity contribution in [2.75, 3.05) is 31.1 Å². The number of aromatic nitrogens is 5. The third-order valence-electron chi connectivity index (χ3n) is 6.04. The molecule has 0 aliphatic carbocycles. The first-order valence-corrected chi connectivity index (χ1v) is 12.4. The van der Waals surface area contributed by atoms with Gasteiger partial charge in [0.05, 0.1) is 5.69 Å². The van der Waals surface area contributed by atoms with E-state index in [1.165, 1.54) is 4.31 Å². The number of hydrogen-bond donors (Lipinski definition) is 0. The summed E-state index contributed by atoms with van der Waals surface area (Å²) in [5, 5.41) is 4.71. The molecule has 33 heavy (non-hydrogen) atoms. The number of sulfonamides is 1. The Labute approximate surface area is 191 Å². The number of aryl methyl sites for hydroxylation is 2. The molecule has 172 valence electrons. The van der Waals surface area contributed by atoms with Crippen molar-refractivity contribution in [3.8, 4) is 5.82 Å². The van der Waals surface area contributed by atoms with Gasteiger partial charge in [-0.2, -0.15) is 4.31 Å². The Morgan fingerprint density at radius 3 is 2.45 bits per heavy atom. The molecule has 0 spiro atoms. The molecule has 0 atom stereocenters. The molecule has 3 aromatic heterocycles. The zero-order chi connectivity index (χ0) is 23.2. The molecule has 0 saturated carbocycles. The van der Waals surface area contributed by atoms with Gasteiger partial charge in [-0.25, -0.2) is 23.4 Å². The summed E-state index contributed by atoms with van der Waals surface area (Å²) >= 11 is 0. The first-order valence-electron chi connectivity index (χ1n) is 10.7. The molecule has 4 aromatic rings. The molecule has 1 aromatic carbocycles. The third kappa shape index (κ3) is 4.09. The molecule has 0 N–H and O–H groups in total. The van der Waals surface area contributed by atoms with E-state index >= 15 is 0 Å². The number of imidazole rings is 1. The van der Waals surface area contributed by atoms with Crippen molar-refractivity contribution in [3.63, 3.8) is 0 Å². The van der Waals surface area contributed by atoms with Gasteiger partial charge in [-0.3, -0.25) is 4.57 Å². The summed E-state index contributed by atoms with van der Waals surface area (Å²) in [5.74, 6) is 2.01. The van der Waals surface area contributed by atoms with E-state index in [1.807, 2.05) is 49.6 Å². The van der Waals surface area contributed by atoms with Crippen LogP contribution in [0.1, 0.15) is 22.9 Å². The van der Waals surface area contributed by atoms with Crippen molar-refractivity contribution in [2.24, 2.45) is 0 Å². The van der Waals surface area contributed by atoms with Gasteiger partial charge >= 0.3 is 0 Å². The van der Waals surface area contributed by atoms with Crippen LogP contribution in [0.3, 0.4) is 0 Å². The normalized spacial score (nSPS) is 15.4. The standard InChI is InChI=1S/C22H25N7O3S/c1-15-16(2)29(14-23-15)22-12-21(24-17(3)25-22)27-8-10-28(11-9-27)33(30,31)13-19-18-6-4-5-7-20(18)32-26-19/h4-7,12,14H,8-11,13H2,1-3H3. The van der Waals surface area contributed by atoms with Gasteiger partial charge in [0.15, 0.2) is 5.58 Å². The van der Waals surface area contributed by atoms with Gasteiger partial charge in [-0.1, -0.05) is 17.3 Å². The van der Waals surface area contributed by atoms with E-state index in [2.05, 4.69) is 25.0 Å². The second-order valence-corrected chi connectivity index (χ2v) is 10.2. The van der Waals surface area contributed by atoms with Gasteiger partial charge in [0.1, 0.15) is 35.2 Å². The van der Waals surface area contributed by atoms with E-state index in [-0.39, 0.29) is 5.75 Å². The van der Waals surface area contributed by atoms with Gasteiger partial charge in [0, 0.05) is 43.3 Å². The Bertz CT molecular complexity index is 1420. The zero-order valence-corrected chi connectivity index (χ0v) is 19.6. The fourth-order valence-corrected chi connectivity index (χ4v) is 5.51. The molecule has 0 bridgehead atoms. The number of para-hydroxylation sites is 1.